The van der Waals surface area contributed by atoms with Crippen molar-refractivity contribution in [3.8, 4) is 0 Å². The number of aliphatic hydroxyl groups excluding tert-OH is 1. The molecule has 4 rings (SSSR count). The zero-order chi connectivity index (χ0) is 21.7. The molecular formula is C22H32N2O6. The lowest BCUT2D eigenvalue weighted by molar-refractivity contribution is -0.157. The molecule has 0 aromatic carbocycles. The molecule has 30 heavy (non-hydrogen) atoms. The van der Waals surface area contributed by atoms with Gasteiger partial charge in [0.05, 0.1) is 24.0 Å². The van der Waals surface area contributed by atoms with Crippen LogP contribution in [0.3, 0.4) is 0 Å². The van der Waals surface area contributed by atoms with Crippen LogP contribution >= 0.6 is 0 Å². The predicted octanol–water partition coefficient (Wildman–Crippen LogP) is 1.18. The Bertz CT molecular complexity index is 750. The lowest BCUT2D eigenvalue weighted by atomic mass is 9.66. The first-order valence-electron chi connectivity index (χ1n) is 11.1. The second kappa shape index (κ2) is 7.64. The van der Waals surface area contributed by atoms with E-state index in [9.17, 15) is 24.6 Å². The third kappa shape index (κ3) is 2.91. The molecule has 166 valence electrons. The molecule has 3 heterocycles. The molecule has 4 aliphatic rings. The molecule has 1 aliphatic carbocycles. The van der Waals surface area contributed by atoms with E-state index in [0.29, 0.717) is 19.4 Å². The maximum absolute atomic E-state index is 13.9. The summed E-state index contributed by atoms with van der Waals surface area (Å²) in [5.74, 6) is -3.54. The molecule has 1 saturated carbocycles. The fourth-order valence-corrected chi connectivity index (χ4v) is 6.54. The predicted molar refractivity (Wildman–Crippen MR) is 107 cm³/mol. The summed E-state index contributed by atoms with van der Waals surface area (Å²) in [5, 5.41) is 19.5. The zero-order valence-corrected chi connectivity index (χ0v) is 17.6. The Labute approximate surface area is 176 Å². The SMILES string of the molecule is C=CCN(C(=O)C1N(CCO)C(=O)[C@@H]2[C@H](C(=O)O)[C@]3(C)CCC12O3)C1CCCCC1. The van der Waals surface area contributed by atoms with Crippen molar-refractivity contribution >= 4 is 17.8 Å². The maximum Gasteiger partial charge on any atom is 0.310 e. The fourth-order valence-electron chi connectivity index (χ4n) is 6.54. The molecule has 3 saturated heterocycles. The number of aliphatic hydroxyl groups is 1. The minimum atomic E-state index is -1.14. The van der Waals surface area contributed by atoms with Gasteiger partial charge in [0.1, 0.15) is 11.6 Å². The molecule has 3 aliphatic heterocycles. The minimum absolute atomic E-state index is 0.00744. The fraction of sp³-hybridized carbons (Fsp3) is 0.773. The Kier molecular flexibility index (Phi) is 5.43. The van der Waals surface area contributed by atoms with Gasteiger partial charge >= 0.3 is 5.97 Å². The van der Waals surface area contributed by atoms with Crippen molar-refractivity contribution < 1.29 is 29.3 Å². The number of rotatable bonds is 7. The number of carboxylic acids is 1. The van der Waals surface area contributed by atoms with Crippen LogP contribution in [0.2, 0.25) is 0 Å². The summed E-state index contributed by atoms with van der Waals surface area (Å²) in [6.45, 7) is 5.63. The third-order valence-electron chi connectivity index (χ3n) is 7.74. The molecule has 4 fully saturated rings. The molecule has 2 N–H and O–H groups in total. The Morgan fingerprint density at radius 1 is 1.30 bits per heavy atom. The number of amides is 2. The first-order valence-corrected chi connectivity index (χ1v) is 11.1. The topological polar surface area (TPSA) is 107 Å². The van der Waals surface area contributed by atoms with Crippen molar-refractivity contribution in [2.75, 3.05) is 19.7 Å². The summed E-state index contributed by atoms with van der Waals surface area (Å²) in [6.07, 6.45) is 7.74. The molecular weight excluding hydrogens is 388 g/mol. The number of β-amino-alcohol motifs (C(OH)–C–C–N with tert-alkyl or cyclic N) is 1. The van der Waals surface area contributed by atoms with Crippen LogP contribution in [-0.4, -0.2) is 80.8 Å². The van der Waals surface area contributed by atoms with Crippen molar-refractivity contribution in [1.29, 1.82) is 0 Å². The summed E-state index contributed by atoms with van der Waals surface area (Å²) >= 11 is 0. The summed E-state index contributed by atoms with van der Waals surface area (Å²) in [5.41, 5.74) is -2.10. The van der Waals surface area contributed by atoms with Gasteiger partial charge in [-0.2, -0.15) is 0 Å². The van der Waals surface area contributed by atoms with Crippen molar-refractivity contribution in [3.63, 3.8) is 0 Å². The summed E-state index contributed by atoms with van der Waals surface area (Å²) in [4.78, 5) is 42.6. The number of likely N-dealkylation sites (tertiary alicyclic amines) is 1. The lowest BCUT2D eigenvalue weighted by Crippen LogP contribution is -2.58. The molecule has 0 radical (unpaired) electrons. The van der Waals surface area contributed by atoms with Crippen LogP contribution in [0.5, 0.6) is 0 Å². The van der Waals surface area contributed by atoms with Crippen LogP contribution in [0.15, 0.2) is 12.7 Å². The molecule has 1 spiro atoms. The molecule has 2 bridgehead atoms. The molecule has 8 nitrogen and oxygen atoms in total. The highest BCUT2D eigenvalue weighted by Gasteiger charge is 2.78. The standard InChI is InChI=1S/C22H32N2O6/c1-3-11-23(14-7-5-4-6-8-14)19(27)17-22-10-9-21(2,30-22)16(20(28)29)15(22)18(26)24(17)12-13-25/h3,14-17,25H,1,4-13H2,2H3,(H,28,29)/t15-,16+,17?,21-,22?/m0/s1. The van der Waals surface area contributed by atoms with Gasteiger partial charge in [0.2, 0.25) is 11.8 Å². The van der Waals surface area contributed by atoms with Crippen LogP contribution in [0.25, 0.3) is 0 Å². The van der Waals surface area contributed by atoms with Gasteiger partial charge in [-0.1, -0.05) is 25.3 Å². The van der Waals surface area contributed by atoms with Crippen molar-refractivity contribution in [2.45, 2.75) is 75.2 Å². The van der Waals surface area contributed by atoms with Gasteiger partial charge in [0.25, 0.3) is 0 Å². The van der Waals surface area contributed by atoms with E-state index in [2.05, 4.69) is 6.58 Å². The Hall–Kier alpha value is -1.93. The number of nitrogens with zero attached hydrogens (tertiary/aromatic N) is 2. The number of fused-ring (bicyclic) bond motifs is 1. The van der Waals surface area contributed by atoms with E-state index in [-0.39, 0.29) is 31.0 Å². The van der Waals surface area contributed by atoms with Gasteiger partial charge in [0, 0.05) is 19.1 Å². The number of hydrogen-bond donors (Lipinski definition) is 2. The summed E-state index contributed by atoms with van der Waals surface area (Å²) in [7, 11) is 0. The van der Waals surface area contributed by atoms with Gasteiger partial charge < -0.3 is 24.7 Å². The number of aliphatic carboxylic acids is 1. The van der Waals surface area contributed by atoms with Gasteiger partial charge in [-0.05, 0) is 32.6 Å². The van der Waals surface area contributed by atoms with Crippen LogP contribution < -0.4 is 0 Å². The van der Waals surface area contributed by atoms with Crippen LogP contribution in [0.1, 0.15) is 51.9 Å². The van der Waals surface area contributed by atoms with Crippen LogP contribution in [0.4, 0.5) is 0 Å². The molecule has 0 aromatic rings. The van der Waals surface area contributed by atoms with Crippen molar-refractivity contribution in [1.82, 2.24) is 9.80 Å². The average molecular weight is 421 g/mol. The molecule has 2 amide bonds. The number of carbonyl (C=O) groups is 3. The first-order chi connectivity index (χ1) is 14.3. The van der Waals surface area contributed by atoms with Crippen LogP contribution in [-0.2, 0) is 19.1 Å². The molecule has 2 unspecified atom stereocenters. The molecule has 5 atom stereocenters. The highest BCUT2D eigenvalue weighted by molar-refractivity contribution is 5.98. The number of hydrogen-bond acceptors (Lipinski definition) is 5. The minimum Gasteiger partial charge on any atom is -0.481 e. The highest BCUT2D eigenvalue weighted by Crippen LogP contribution is 2.63. The Morgan fingerprint density at radius 2 is 2.00 bits per heavy atom. The lowest BCUT2D eigenvalue weighted by Gasteiger charge is -2.40. The third-order valence-corrected chi connectivity index (χ3v) is 7.74. The van der Waals surface area contributed by atoms with Crippen molar-refractivity contribution in [2.24, 2.45) is 11.8 Å². The summed E-state index contributed by atoms with van der Waals surface area (Å²) in [6, 6.07) is -0.828. The largest absolute Gasteiger partial charge is 0.481 e. The van der Waals surface area contributed by atoms with E-state index in [0.717, 1.165) is 32.1 Å². The van der Waals surface area contributed by atoms with Crippen LogP contribution in [0, 0.1) is 11.8 Å². The quantitative estimate of drug-likeness (QED) is 0.599. The number of ether oxygens (including phenoxy) is 1. The van der Waals surface area contributed by atoms with Gasteiger partial charge in [-0.3, -0.25) is 14.4 Å². The maximum atomic E-state index is 13.9. The smallest absolute Gasteiger partial charge is 0.310 e. The molecule has 0 aromatic heterocycles. The van der Waals surface area contributed by atoms with E-state index < -0.39 is 35.0 Å². The Morgan fingerprint density at radius 3 is 2.60 bits per heavy atom. The second-order valence-electron chi connectivity index (χ2n) is 9.39. The van der Waals surface area contributed by atoms with Gasteiger partial charge in [-0.15, -0.1) is 6.58 Å². The molecule has 8 heteroatoms. The zero-order valence-electron chi connectivity index (χ0n) is 17.6. The average Bonchev–Trinajstić information content (AvgIpc) is 3.28. The normalized spacial score (nSPS) is 38.0. The number of carbonyl (C=O) groups excluding carboxylic acids is 2. The summed E-state index contributed by atoms with van der Waals surface area (Å²) < 4.78 is 6.34. The Balaban J connectivity index is 1.74. The van der Waals surface area contributed by atoms with E-state index in [4.69, 9.17) is 4.74 Å². The number of carboxylic acid groups (broad SMARTS) is 1. The first kappa shape index (κ1) is 21.3. The van der Waals surface area contributed by atoms with E-state index in [1.807, 2.05) is 0 Å². The van der Waals surface area contributed by atoms with Crippen molar-refractivity contribution in [3.05, 3.63) is 12.7 Å². The monoisotopic (exact) mass is 420 g/mol. The second-order valence-corrected chi connectivity index (χ2v) is 9.39. The van der Waals surface area contributed by atoms with Gasteiger partial charge in [0.15, 0.2) is 0 Å². The van der Waals surface area contributed by atoms with Gasteiger partial charge in [-0.25, -0.2) is 0 Å². The highest BCUT2D eigenvalue weighted by atomic mass is 16.5. The van der Waals surface area contributed by atoms with E-state index in [1.54, 1.807) is 17.9 Å². The van der Waals surface area contributed by atoms with E-state index in [1.165, 1.54) is 4.90 Å². The van der Waals surface area contributed by atoms with E-state index >= 15 is 0 Å².